The molecule has 1 fully saturated rings. The smallest absolute Gasteiger partial charge is 0.143 e. The summed E-state index contributed by atoms with van der Waals surface area (Å²) in [5.41, 5.74) is 3.46. The lowest BCUT2D eigenvalue weighted by Crippen LogP contribution is -2.29. The van der Waals surface area contributed by atoms with E-state index in [0.29, 0.717) is 6.54 Å². The maximum atomic E-state index is 4.85. The first kappa shape index (κ1) is 23.1. The average molecular weight is 449 g/mol. The molecule has 0 bridgehead atoms. The van der Waals surface area contributed by atoms with Crippen molar-refractivity contribution in [2.45, 2.75) is 72.1 Å². The van der Waals surface area contributed by atoms with Crippen molar-refractivity contribution in [2.75, 3.05) is 19.8 Å². The van der Waals surface area contributed by atoms with Gasteiger partial charge in [0.05, 0.1) is 23.4 Å². The van der Waals surface area contributed by atoms with Crippen molar-refractivity contribution in [3.63, 3.8) is 0 Å². The maximum Gasteiger partial charge on any atom is 0.143 e. The first-order valence-corrected chi connectivity index (χ1v) is 11.7. The molecular weight excluding hydrogens is 412 g/mol. The van der Waals surface area contributed by atoms with Crippen LogP contribution in [0.5, 0.6) is 0 Å². The second kappa shape index (κ2) is 13.1. The Balaban J connectivity index is 1.79. The number of aliphatic imine (C=N–C) groups is 2. The fourth-order valence-electron chi connectivity index (χ4n) is 3.69. The molecule has 0 radical (unpaired) electrons. The van der Waals surface area contributed by atoms with Crippen LogP contribution in [-0.2, 0) is 0 Å². The number of hydrogen-bond donors (Lipinski definition) is 2. The van der Waals surface area contributed by atoms with Crippen molar-refractivity contribution >= 4 is 27.9 Å². The van der Waals surface area contributed by atoms with E-state index in [1.165, 1.54) is 56.1 Å². The molecule has 0 amide bonds. The fourth-order valence-corrected chi connectivity index (χ4v) is 4.06. The largest absolute Gasteiger partial charge is 0.357 e. The van der Waals surface area contributed by atoms with E-state index >= 15 is 0 Å². The van der Waals surface area contributed by atoms with E-state index in [0.717, 1.165) is 41.6 Å². The van der Waals surface area contributed by atoms with Gasteiger partial charge in [0, 0.05) is 6.21 Å². The van der Waals surface area contributed by atoms with E-state index < -0.39 is 0 Å². The standard InChI is InChI=1S/C23H37BrN4/c1-4-5-10-18(2)19(3)22-16-26-15-21(24)23(28-22)27-17-25-14-9-8-13-20-11-6-7-12-20/h5,10,15,20,25,27H,4,6-9,11-14,16-17H2,1-3H3/b10-5-,19-18+. The topological polar surface area (TPSA) is 48.8 Å². The van der Waals surface area contributed by atoms with E-state index in [9.17, 15) is 0 Å². The number of unbranched alkanes of at least 4 members (excludes halogenated alkanes) is 1. The Morgan fingerprint density at radius 2 is 2.04 bits per heavy atom. The van der Waals surface area contributed by atoms with Crippen LogP contribution in [0.15, 0.2) is 43.6 Å². The van der Waals surface area contributed by atoms with Gasteiger partial charge >= 0.3 is 0 Å². The van der Waals surface area contributed by atoms with Crippen LogP contribution in [0.25, 0.3) is 0 Å². The van der Waals surface area contributed by atoms with E-state index in [1.807, 2.05) is 6.21 Å². The molecule has 0 spiro atoms. The van der Waals surface area contributed by atoms with E-state index in [2.05, 4.69) is 64.5 Å². The molecule has 1 heterocycles. The van der Waals surface area contributed by atoms with Crippen molar-refractivity contribution in [1.29, 1.82) is 0 Å². The molecule has 0 aromatic rings. The van der Waals surface area contributed by atoms with Crippen molar-refractivity contribution in [3.8, 4) is 0 Å². The van der Waals surface area contributed by atoms with Gasteiger partial charge < -0.3 is 10.6 Å². The Morgan fingerprint density at radius 1 is 1.25 bits per heavy atom. The highest BCUT2D eigenvalue weighted by molar-refractivity contribution is 9.12. The number of allylic oxidation sites excluding steroid dienone is 4. The van der Waals surface area contributed by atoms with Crippen LogP contribution >= 0.6 is 15.9 Å². The Hall–Kier alpha value is -1.20. The predicted octanol–water partition coefficient (Wildman–Crippen LogP) is 5.88. The molecule has 5 heteroatoms. The summed E-state index contributed by atoms with van der Waals surface area (Å²) < 4.78 is 0.903. The van der Waals surface area contributed by atoms with Gasteiger partial charge in [-0.3, -0.25) is 4.99 Å². The van der Waals surface area contributed by atoms with Gasteiger partial charge in [0.25, 0.3) is 0 Å². The minimum Gasteiger partial charge on any atom is -0.357 e. The Morgan fingerprint density at radius 3 is 2.79 bits per heavy atom. The lowest BCUT2D eigenvalue weighted by Gasteiger charge is -2.12. The van der Waals surface area contributed by atoms with Gasteiger partial charge in [-0.1, -0.05) is 57.6 Å². The van der Waals surface area contributed by atoms with Crippen LogP contribution < -0.4 is 10.6 Å². The molecule has 1 aliphatic heterocycles. The maximum absolute atomic E-state index is 4.85. The number of halogens is 1. The zero-order valence-corrected chi connectivity index (χ0v) is 19.4. The van der Waals surface area contributed by atoms with Gasteiger partial charge in [-0.2, -0.15) is 0 Å². The minimum absolute atomic E-state index is 0.609. The molecule has 28 heavy (non-hydrogen) atoms. The van der Waals surface area contributed by atoms with Crippen LogP contribution in [0.4, 0.5) is 0 Å². The number of nitrogens with one attached hydrogen (secondary N) is 2. The van der Waals surface area contributed by atoms with Crippen LogP contribution in [0.2, 0.25) is 0 Å². The molecule has 1 saturated carbocycles. The molecule has 4 nitrogen and oxygen atoms in total. The molecule has 0 aromatic carbocycles. The second-order valence-corrected chi connectivity index (χ2v) is 8.70. The summed E-state index contributed by atoms with van der Waals surface area (Å²) in [6.45, 7) is 8.79. The number of hydrogen-bond acceptors (Lipinski definition) is 4. The third-order valence-electron chi connectivity index (χ3n) is 5.62. The van der Waals surface area contributed by atoms with Crippen molar-refractivity contribution in [1.82, 2.24) is 10.6 Å². The Bertz CT molecular complexity index is 637. The van der Waals surface area contributed by atoms with Gasteiger partial charge in [0.1, 0.15) is 5.82 Å². The van der Waals surface area contributed by atoms with Gasteiger partial charge in [0.2, 0.25) is 0 Å². The molecule has 2 N–H and O–H groups in total. The summed E-state index contributed by atoms with van der Waals surface area (Å²) in [6.07, 6.45) is 17.1. The molecule has 1 aliphatic carbocycles. The lowest BCUT2D eigenvalue weighted by molar-refractivity contribution is 0.464. The minimum atomic E-state index is 0.609. The van der Waals surface area contributed by atoms with Crippen molar-refractivity contribution < 1.29 is 0 Å². The highest BCUT2D eigenvalue weighted by Crippen LogP contribution is 2.28. The molecule has 156 valence electrons. The Kier molecular flexibility index (Phi) is 10.8. The summed E-state index contributed by atoms with van der Waals surface area (Å²) in [7, 11) is 0. The molecule has 0 saturated heterocycles. The molecule has 2 aliphatic rings. The molecule has 0 atom stereocenters. The quantitative estimate of drug-likeness (QED) is 0.235. The van der Waals surface area contributed by atoms with Gasteiger partial charge in [-0.15, -0.1) is 0 Å². The van der Waals surface area contributed by atoms with Crippen LogP contribution in [0.1, 0.15) is 72.1 Å². The predicted molar refractivity (Wildman–Crippen MR) is 126 cm³/mol. The SMILES string of the molecule is CC/C=C\C(C)=C(/C)C1=NC(NCNCCCCC2CCCC2)=C(Br)C=NC1. The number of rotatable bonds is 11. The monoisotopic (exact) mass is 448 g/mol. The van der Waals surface area contributed by atoms with Crippen LogP contribution in [0, 0.1) is 5.92 Å². The third kappa shape index (κ3) is 8.04. The second-order valence-electron chi connectivity index (χ2n) is 7.84. The summed E-state index contributed by atoms with van der Waals surface area (Å²) in [5, 5.41) is 6.90. The normalized spacial score (nSPS) is 19.2. The molecular formula is C23H37BrN4. The number of nitrogens with zero attached hydrogens (tertiary/aromatic N) is 2. The van der Waals surface area contributed by atoms with Crippen LogP contribution in [0.3, 0.4) is 0 Å². The highest BCUT2D eigenvalue weighted by Gasteiger charge is 2.14. The molecule has 2 rings (SSSR count). The molecule has 0 aromatic heterocycles. The first-order valence-electron chi connectivity index (χ1n) is 10.9. The first-order chi connectivity index (χ1) is 13.6. The van der Waals surface area contributed by atoms with Gasteiger partial charge in [-0.05, 0) is 66.2 Å². The van der Waals surface area contributed by atoms with Gasteiger partial charge in [-0.25, -0.2) is 4.99 Å². The average Bonchev–Trinajstić information content (AvgIpc) is 3.14. The zero-order chi connectivity index (χ0) is 20.2. The van der Waals surface area contributed by atoms with Crippen molar-refractivity contribution in [3.05, 3.63) is 33.6 Å². The Labute approximate surface area is 179 Å². The lowest BCUT2D eigenvalue weighted by atomic mass is 10.0. The highest BCUT2D eigenvalue weighted by atomic mass is 79.9. The third-order valence-corrected chi connectivity index (χ3v) is 6.20. The van der Waals surface area contributed by atoms with Gasteiger partial charge in [0.15, 0.2) is 0 Å². The fraction of sp³-hybridized carbons (Fsp3) is 0.652. The van der Waals surface area contributed by atoms with Crippen LogP contribution in [-0.4, -0.2) is 31.7 Å². The molecule has 0 unspecified atom stereocenters. The van der Waals surface area contributed by atoms with E-state index in [1.54, 1.807) is 0 Å². The summed E-state index contributed by atoms with van der Waals surface area (Å²) in [4.78, 5) is 9.35. The summed E-state index contributed by atoms with van der Waals surface area (Å²) >= 11 is 3.59. The van der Waals surface area contributed by atoms with E-state index in [-0.39, 0.29) is 0 Å². The summed E-state index contributed by atoms with van der Waals surface area (Å²) in [5.74, 6) is 1.85. The summed E-state index contributed by atoms with van der Waals surface area (Å²) in [6, 6.07) is 0. The van der Waals surface area contributed by atoms with E-state index in [4.69, 9.17) is 4.99 Å². The zero-order valence-electron chi connectivity index (χ0n) is 17.9. The van der Waals surface area contributed by atoms with Crippen molar-refractivity contribution in [2.24, 2.45) is 15.9 Å².